The lowest BCUT2D eigenvalue weighted by Crippen LogP contribution is -2.30. The zero-order valence-corrected chi connectivity index (χ0v) is 13.4. The third-order valence-corrected chi connectivity index (χ3v) is 3.91. The summed E-state index contributed by atoms with van der Waals surface area (Å²) in [6.07, 6.45) is 3.52. The van der Waals surface area contributed by atoms with Crippen LogP contribution in [-0.2, 0) is 16.1 Å². The van der Waals surface area contributed by atoms with Crippen molar-refractivity contribution in [1.29, 1.82) is 0 Å². The largest absolute Gasteiger partial charge is 0.378 e. The van der Waals surface area contributed by atoms with E-state index in [0.717, 1.165) is 31.4 Å². The lowest BCUT2D eigenvalue weighted by molar-refractivity contribution is -0.125. The number of hydrogen-bond acceptors (Lipinski definition) is 5. The molecule has 7 heteroatoms. The number of benzene rings is 1. The van der Waals surface area contributed by atoms with Gasteiger partial charge >= 0.3 is 0 Å². The molecule has 1 aliphatic heterocycles. The Morgan fingerprint density at radius 1 is 1.39 bits per heavy atom. The molecule has 122 valence electrons. The minimum atomic E-state index is -0.0700. The average molecular weight is 336 g/mol. The lowest BCUT2D eigenvalue weighted by Gasteiger charge is -2.21. The van der Waals surface area contributed by atoms with Crippen molar-refractivity contribution in [2.45, 2.75) is 38.3 Å². The van der Waals surface area contributed by atoms with E-state index in [2.05, 4.69) is 15.5 Å². The number of amides is 1. The van der Waals surface area contributed by atoms with E-state index < -0.39 is 0 Å². The number of nitrogens with zero attached hydrogens (tertiary/aromatic N) is 2. The average Bonchev–Trinajstić information content (AvgIpc) is 3.03. The van der Waals surface area contributed by atoms with Gasteiger partial charge in [0.1, 0.15) is 0 Å². The van der Waals surface area contributed by atoms with Gasteiger partial charge < -0.3 is 14.6 Å². The molecule has 0 aliphatic carbocycles. The van der Waals surface area contributed by atoms with Gasteiger partial charge in [-0.3, -0.25) is 4.79 Å². The third kappa shape index (κ3) is 4.53. The zero-order valence-electron chi connectivity index (χ0n) is 12.6. The Morgan fingerprint density at radius 2 is 2.30 bits per heavy atom. The van der Waals surface area contributed by atoms with E-state index in [9.17, 15) is 4.79 Å². The van der Waals surface area contributed by atoms with Crippen molar-refractivity contribution in [3.8, 4) is 11.4 Å². The summed E-state index contributed by atoms with van der Waals surface area (Å²) in [5.41, 5.74) is 0.773. The van der Waals surface area contributed by atoms with Crippen LogP contribution in [0.3, 0.4) is 0 Å². The van der Waals surface area contributed by atoms with Crippen molar-refractivity contribution in [2.24, 2.45) is 0 Å². The molecule has 2 heterocycles. The highest BCUT2D eigenvalue weighted by Gasteiger charge is 2.18. The summed E-state index contributed by atoms with van der Waals surface area (Å²) in [4.78, 5) is 16.2. The van der Waals surface area contributed by atoms with Crippen molar-refractivity contribution in [3.63, 3.8) is 0 Å². The molecule has 0 bridgehead atoms. The Bertz CT molecular complexity index is 668. The second-order valence-corrected chi connectivity index (χ2v) is 5.93. The molecule has 1 aromatic heterocycles. The molecule has 1 amide bonds. The van der Waals surface area contributed by atoms with Gasteiger partial charge in [0.25, 0.3) is 0 Å². The summed E-state index contributed by atoms with van der Waals surface area (Å²) in [5.74, 6) is 0.740. The predicted molar refractivity (Wildman–Crippen MR) is 84.8 cm³/mol. The molecule has 1 aromatic carbocycles. The fourth-order valence-electron chi connectivity index (χ4n) is 2.49. The molecule has 1 saturated heterocycles. The standard InChI is InChI=1S/C16H18ClN3O3/c17-12-5-3-4-11(8-12)16-19-15(23-20-16)10-18-14(21)9-13-6-1-2-7-22-13/h3-5,8,13H,1-2,6-7,9-10H2,(H,18,21). The van der Waals surface area contributed by atoms with Gasteiger partial charge in [-0.25, -0.2) is 0 Å². The van der Waals surface area contributed by atoms with Crippen LogP contribution in [0.4, 0.5) is 0 Å². The van der Waals surface area contributed by atoms with E-state index in [1.807, 2.05) is 12.1 Å². The van der Waals surface area contributed by atoms with Gasteiger partial charge in [-0.2, -0.15) is 4.98 Å². The van der Waals surface area contributed by atoms with Gasteiger partial charge in [0, 0.05) is 17.2 Å². The molecular weight excluding hydrogens is 318 g/mol. The SMILES string of the molecule is O=C(CC1CCCCO1)NCc1nc(-c2cccc(Cl)c2)no1. The molecule has 0 spiro atoms. The molecule has 0 saturated carbocycles. The summed E-state index contributed by atoms with van der Waals surface area (Å²) in [6, 6.07) is 7.20. The number of rotatable bonds is 5. The topological polar surface area (TPSA) is 77.2 Å². The van der Waals surface area contributed by atoms with Gasteiger partial charge in [0.05, 0.1) is 19.1 Å². The van der Waals surface area contributed by atoms with Crippen LogP contribution < -0.4 is 5.32 Å². The quantitative estimate of drug-likeness (QED) is 0.909. The molecular formula is C16H18ClN3O3. The first kappa shape index (κ1) is 16.0. The Kier molecular flexibility index (Phi) is 5.25. The van der Waals surface area contributed by atoms with Crippen LogP contribution in [0.2, 0.25) is 5.02 Å². The van der Waals surface area contributed by atoms with E-state index in [4.69, 9.17) is 20.9 Å². The number of carbonyl (C=O) groups is 1. The second-order valence-electron chi connectivity index (χ2n) is 5.49. The number of carbonyl (C=O) groups excluding carboxylic acids is 1. The highest BCUT2D eigenvalue weighted by Crippen LogP contribution is 2.20. The Hall–Kier alpha value is -1.92. The maximum atomic E-state index is 11.9. The smallest absolute Gasteiger partial charge is 0.246 e. The van der Waals surface area contributed by atoms with Crippen LogP contribution in [0.15, 0.2) is 28.8 Å². The van der Waals surface area contributed by atoms with Gasteiger partial charge in [0.15, 0.2) is 0 Å². The summed E-state index contributed by atoms with van der Waals surface area (Å²) in [7, 11) is 0. The lowest BCUT2D eigenvalue weighted by atomic mass is 10.1. The maximum absolute atomic E-state index is 11.9. The van der Waals surface area contributed by atoms with Crippen molar-refractivity contribution in [1.82, 2.24) is 15.5 Å². The van der Waals surface area contributed by atoms with Gasteiger partial charge in [0.2, 0.25) is 17.6 Å². The van der Waals surface area contributed by atoms with E-state index >= 15 is 0 Å². The van der Waals surface area contributed by atoms with Crippen molar-refractivity contribution >= 4 is 17.5 Å². The third-order valence-electron chi connectivity index (χ3n) is 3.67. The Balaban J connectivity index is 1.52. The van der Waals surface area contributed by atoms with Gasteiger partial charge in [-0.1, -0.05) is 28.9 Å². The van der Waals surface area contributed by atoms with Gasteiger partial charge in [-0.05, 0) is 31.4 Å². The molecule has 1 atom stereocenters. The van der Waals surface area contributed by atoms with Crippen LogP contribution in [0, 0.1) is 0 Å². The zero-order chi connectivity index (χ0) is 16.1. The first-order valence-corrected chi connectivity index (χ1v) is 8.05. The fraction of sp³-hybridized carbons (Fsp3) is 0.438. The molecule has 1 N–H and O–H groups in total. The van der Waals surface area contributed by atoms with Gasteiger partial charge in [-0.15, -0.1) is 0 Å². The fourth-order valence-corrected chi connectivity index (χ4v) is 2.68. The number of ether oxygens (including phenoxy) is 1. The Labute approximate surface area is 139 Å². The van der Waals surface area contributed by atoms with Crippen LogP contribution in [0.5, 0.6) is 0 Å². The van der Waals surface area contributed by atoms with Crippen LogP contribution in [0.25, 0.3) is 11.4 Å². The van der Waals surface area contributed by atoms with E-state index in [1.54, 1.807) is 12.1 Å². The molecule has 1 fully saturated rings. The molecule has 6 nitrogen and oxygen atoms in total. The summed E-state index contributed by atoms with van der Waals surface area (Å²) in [6.45, 7) is 0.948. The highest BCUT2D eigenvalue weighted by atomic mass is 35.5. The normalized spacial score (nSPS) is 17.9. The van der Waals surface area contributed by atoms with E-state index in [-0.39, 0.29) is 18.6 Å². The van der Waals surface area contributed by atoms with Crippen LogP contribution in [0.1, 0.15) is 31.6 Å². The molecule has 1 unspecified atom stereocenters. The molecule has 1 aliphatic rings. The number of hydrogen-bond donors (Lipinski definition) is 1. The van der Waals surface area contributed by atoms with E-state index in [1.165, 1.54) is 0 Å². The monoisotopic (exact) mass is 335 g/mol. The maximum Gasteiger partial charge on any atom is 0.246 e. The van der Waals surface area contributed by atoms with Crippen molar-refractivity contribution in [2.75, 3.05) is 6.61 Å². The molecule has 2 aromatic rings. The number of halogens is 1. The van der Waals surface area contributed by atoms with Crippen LogP contribution in [-0.4, -0.2) is 28.8 Å². The number of nitrogens with one attached hydrogen (secondary N) is 1. The molecule has 3 rings (SSSR count). The minimum Gasteiger partial charge on any atom is -0.378 e. The summed E-state index contributed by atoms with van der Waals surface area (Å²) < 4.78 is 10.7. The number of aromatic nitrogens is 2. The van der Waals surface area contributed by atoms with Crippen molar-refractivity contribution in [3.05, 3.63) is 35.2 Å². The molecule has 0 radical (unpaired) electrons. The minimum absolute atomic E-state index is 0.0217. The Morgan fingerprint density at radius 3 is 3.09 bits per heavy atom. The summed E-state index contributed by atoms with van der Waals surface area (Å²) in [5, 5.41) is 7.29. The molecule has 23 heavy (non-hydrogen) atoms. The summed E-state index contributed by atoms with van der Waals surface area (Å²) >= 11 is 5.94. The highest BCUT2D eigenvalue weighted by molar-refractivity contribution is 6.30. The second kappa shape index (κ2) is 7.57. The predicted octanol–water partition coefficient (Wildman–Crippen LogP) is 2.97. The van der Waals surface area contributed by atoms with E-state index in [0.29, 0.717) is 23.2 Å². The van der Waals surface area contributed by atoms with Crippen molar-refractivity contribution < 1.29 is 14.1 Å². The van der Waals surface area contributed by atoms with Crippen LogP contribution >= 0.6 is 11.6 Å². The first-order chi connectivity index (χ1) is 11.2. The first-order valence-electron chi connectivity index (χ1n) is 7.67.